The first kappa shape index (κ1) is 15.0. The Morgan fingerprint density at radius 1 is 1.33 bits per heavy atom. The van der Waals surface area contributed by atoms with Crippen LogP contribution in [0.2, 0.25) is 0 Å². The van der Waals surface area contributed by atoms with Crippen LogP contribution in [0.15, 0.2) is 12.1 Å². The van der Waals surface area contributed by atoms with Crippen LogP contribution >= 0.6 is 11.6 Å². The van der Waals surface area contributed by atoms with Crippen LogP contribution in [0, 0.1) is 6.92 Å². The molecule has 0 amide bonds. The van der Waals surface area contributed by atoms with Crippen molar-refractivity contribution < 1.29 is 9.53 Å². The first-order chi connectivity index (χ1) is 8.18. The third-order valence-corrected chi connectivity index (χ3v) is 3.18. The number of aryl methyl sites for hydroxylation is 1. The number of halogens is 1. The Labute approximate surface area is 114 Å². The molecule has 0 saturated carbocycles. The van der Waals surface area contributed by atoms with Crippen molar-refractivity contribution in [2.45, 2.75) is 45.4 Å². The molecule has 100 valence electrons. The maximum absolute atomic E-state index is 12.1. The summed E-state index contributed by atoms with van der Waals surface area (Å²) in [5, 5.41) is -0.509. The van der Waals surface area contributed by atoms with Crippen LogP contribution in [0.25, 0.3) is 0 Å². The second kappa shape index (κ2) is 5.31. The molecule has 0 saturated heterocycles. The first-order valence-electron chi connectivity index (χ1n) is 6.06. The van der Waals surface area contributed by atoms with Crippen LogP contribution in [-0.2, 0) is 5.41 Å². The molecule has 0 radical (unpaired) electrons. The number of benzene rings is 1. The van der Waals surface area contributed by atoms with Crippen molar-refractivity contribution >= 4 is 17.4 Å². The highest BCUT2D eigenvalue weighted by molar-refractivity contribution is 6.33. The molecule has 1 aromatic rings. The van der Waals surface area contributed by atoms with E-state index >= 15 is 0 Å². The van der Waals surface area contributed by atoms with Crippen molar-refractivity contribution in [3.05, 3.63) is 28.8 Å². The number of hydrogen-bond donors (Lipinski definition) is 0. The molecule has 0 fully saturated rings. The van der Waals surface area contributed by atoms with Gasteiger partial charge in [-0.25, -0.2) is 0 Å². The average molecular weight is 269 g/mol. The maximum Gasteiger partial charge on any atom is 0.180 e. The van der Waals surface area contributed by atoms with E-state index in [0.717, 1.165) is 16.9 Å². The Kier molecular flexibility index (Phi) is 4.44. The van der Waals surface area contributed by atoms with Crippen LogP contribution in [0.4, 0.5) is 0 Å². The zero-order valence-electron chi connectivity index (χ0n) is 11.9. The minimum atomic E-state index is -0.509. The zero-order chi connectivity index (χ0) is 14.1. The molecule has 0 aliphatic heterocycles. The Hall–Kier alpha value is -1.02. The van der Waals surface area contributed by atoms with Gasteiger partial charge in [-0.3, -0.25) is 4.79 Å². The molecular weight excluding hydrogens is 248 g/mol. The average Bonchev–Trinajstić information content (AvgIpc) is 2.25. The van der Waals surface area contributed by atoms with Gasteiger partial charge < -0.3 is 4.74 Å². The van der Waals surface area contributed by atoms with Gasteiger partial charge in [0.2, 0.25) is 0 Å². The van der Waals surface area contributed by atoms with E-state index < -0.39 is 5.38 Å². The number of methoxy groups -OCH3 is 1. The van der Waals surface area contributed by atoms with Gasteiger partial charge in [-0.2, -0.15) is 0 Å². The van der Waals surface area contributed by atoms with E-state index in [1.54, 1.807) is 14.0 Å². The molecule has 0 heterocycles. The summed E-state index contributed by atoms with van der Waals surface area (Å²) in [6.45, 7) is 9.89. The summed E-state index contributed by atoms with van der Waals surface area (Å²) in [5.41, 5.74) is 2.53. The van der Waals surface area contributed by atoms with Crippen molar-refractivity contribution in [2.75, 3.05) is 7.11 Å². The van der Waals surface area contributed by atoms with Crippen LogP contribution in [0.1, 0.15) is 49.2 Å². The number of alkyl halides is 1. The van der Waals surface area contributed by atoms with Crippen molar-refractivity contribution in [1.29, 1.82) is 0 Å². The number of Topliss-reactive ketones (excluding diaryl/α,β-unsaturated/α-hetero) is 1. The van der Waals surface area contributed by atoms with Crippen molar-refractivity contribution in [1.82, 2.24) is 0 Å². The molecule has 3 heteroatoms. The quantitative estimate of drug-likeness (QED) is 0.609. The van der Waals surface area contributed by atoms with Gasteiger partial charge in [0, 0.05) is 11.1 Å². The molecule has 0 spiro atoms. The summed E-state index contributed by atoms with van der Waals surface area (Å²) in [6.07, 6.45) is 0. The fourth-order valence-electron chi connectivity index (χ4n) is 1.92. The Morgan fingerprint density at radius 2 is 1.89 bits per heavy atom. The summed E-state index contributed by atoms with van der Waals surface area (Å²) in [7, 11) is 1.65. The third-order valence-electron chi connectivity index (χ3n) is 2.98. The normalized spacial score (nSPS) is 13.3. The van der Waals surface area contributed by atoms with Gasteiger partial charge >= 0.3 is 0 Å². The Balaban J connectivity index is 3.44. The number of hydrogen-bond acceptors (Lipinski definition) is 2. The number of rotatable bonds is 3. The lowest BCUT2D eigenvalue weighted by Gasteiger charge is -2.24. The fraction of sp³-hybridized carbons (Fsp3) is 0.533. The third kappa shape index (κ3) is 3.05. The van der Waals surface area contributed by atoms with Crippen LogP contribution in [0.5, 0.6) is 5.75 Å². The lowest BCUT2D eigenvalue weighted by molar-refractivity contribution is 0.0991. The molecule has 2 nitrogen and oxygen atoms in total. The van der Waals surface area contributed by atoms with Gasteiger partial charge in [0.25, 0.3) is 0 Å². The summed E-state index contributed by atoms with van der Waals surface area (Å²) < 4.78 is 5.40. The number of ketones is 1. The minimum absolute atomic E-state index is 0.0395. The van der Waals surface area contributed by atoms with Gasteiger partial charge in [-0.1, -0.05) is 20.8 Å². The molecule has 0 aliphatic carbocycles. The van der Waals surface area contributed by atoms with E-state index in [1.165, 1.54) is 0 Å². The second-order valence-electron chi connectivity index (χ2n) is 5.60. The van der Waals surface area contributed by atoms with Gasteiger partial charge in [0.1, 0.15) is 5.75 Å². The highest BCUT2D eigenvalue weighted by Gasteiger charge is 2.23. The number of carbonyl (C=O) groups is 1. The number of ether oxygens (including phenoxy) is 1. The lowest BCUT2D eigenvalue weighted by Crippen LogP contribution is -2.17. The molecule has 1 atom stereocenters. The molecule has 0 N–H and O–H groups in total. The summed E-state index contributed by atoms with van der Waals surface area (Å²) >= 11 is 5.89. The van der Waals surface area contributed by atoms with Gasteiger partial charge in [-0.15, -0.1) is 11.6 Å². The van der Waals surface area contributed by atoms with Crippen LogP contribution in [0.3, 0.4) is 0 Å². The van der Waals surface area contributed by atoms with E-state index in [-0.39, 0.29) is 11.2 Å². The van der Waals surface area contributed by atoms with Crippen molar-refractivity contribution in [3.8, 4) is 5.75 Å². The van der Waals surface area contributed by atoms with Gasteiger partial charge in [0.15, 0.2) is 5.78 Å². The lowest BCUT2D eigenvalue weighted by atomic mass is 9.83. The van der Waals surface area contributed by atoms with Gasteiger partial charge in [0.05, 0.1) is 12.5 Å². The fourth-order valence-corrected chi connectivity index (χ4v) is 2.03. The highest BCUT2D eigenvalue weighted by atomic mass is 35.5. The highest BCUT2D eigenvalue weighted by Crippen LogP contribution is 2.34. The maximum atomic E-state index is 12.1. The van der Waals surface area contributed by atoms with E-state index in [1.807, 2.05) is 19.1 Å². The van der Waals surface area contributed by atoms with E-state index in [9.17, 15) is 4.79 Å². The van der Waals surface area contributed by atoms with E-state index in [4.69, 9.17) is 16.3 Å². The van der Waals surface area contributed by atoms with Gasteiger partial charge in [-0.05, 0) is 37.0 Å². The summed E-state index contributed by atoms with van der Waals surface area (Å²) in [5.74, 6) is 0.779. The largest absolute Gasteiger partial charge is 0.496 e. The molecule has 0 aliphatic rings. The van der Waals surface area contributed by atoms with Crippen LogP contribution in [-0.4, -0.2) is 18.3 Å². The van der Waals surface area contributed by atoms with E-state index in [2.05, 4.69) is 20.8 Å². The monoisotopic (exact) mass is 268 g/mol. The first-order valence-corrected chi connectivity index (χ1v) is 6.49. The topological polar surface area (TPSA) is 26.3 Å². The Morgan fingerprint density at radius 3 is 2.28 bits per heavy atom. The second-order valence-corrected chi connectivity index (χ2v) is 6.25. The van der Waals surface area contributed by atoms with Crippen molar-refractivity contribution in [2.24, 2.45) is 0 Å². The molecule has 1 aromatic carbocycles. The van der Waals surface area contributed by atoms with E-state index in [0.29, 0.717) is 5.56 Å². The summed E-state index contributed by atoms with van der Waals surface area (Å²) in [6, 6.07) is 3.82. The van der Waals surface area contributed by atoms with Crippen LogP contribution < -0.4 is 4.74 Å². The molecule has 1 rings (SSSR count). The predicted octanol–water partition coefficient (Wildman–Crippen LogP) is 4.11. The molecule has 18 heavy (non-hydrogen) atoms. The predicted molar refractivity (Wildman–Crippen MR) is 76.1 cm³/mol. The van der Waals surface area contributed by atoms with Crippen molar-refractivity contribution in [3.63, 3.8) is 0 Å². The SMILES string of the molecule is COc1cc(C)c(C(=O)C(C)Cl)cc1C(C)(C)C. The molecule has 0 bridgehead atoms. The smallest absolute Gasteiger partial charge is 0.180 e. The minimum Gasteiger partial charge on any atom is -0.496 e. The Bertz CT molecular complexity index is 456. The zero-order valence-corrected chi connectivity index (χ0v) is 12.7. The number of carbonyl (C=O) groups excluding carboxylic acids is 1. The summed E-state index contributed by atoms with van der Waals surface area (Å²) in [4.78, 5) is 12.1. The molecule has 0 aromatic heterocycles. The molecule has 1 unspecified atom stereocenters. The standard InChI is InChI=1S/C15H21ClO2/c1-9-7-13(18-6)12(15(3,4)5)8-11(9)14(17)10(2)16/h7-8,10H,1-6H3. The molecular formula is C15H21ClO2.